The predicted octanol–water partition coefficient (Wildman–Crippen LogP) is 5.75. The quantitative estimate of drug-likeness (QED) is 0.168. The Labute approximate surface area is 271 Å². The molecule has 5 aromatic rings. The van der Waals surface area contributed by atoms with E-state index in [9.17, 15) is 14.4 Å². The van der Waals surface area contributed by atoms with Crippen LogP contribution in [0.3, 0.4) is 0 Å². The number of likely N-dealkylation sites (tertiary alicyclic amines) is 1. The number of amides is 3. The van der Waals surface area contributed by atoms with Gasteiger partial charge in [0.25, 0.3) is 5.91 Å². The van der Waals surface area contributed by atoms with E-state index in [0.29, 0.717) is 30.0 Å². The van der Waals surface area contributed by atoms with Crippen LogP contribution in [0.25, 0.3) is 33.6 Å². The van der Waals surface area contributed by atoms with Crippen LogP contribution >= 0.6 is 0 Å². The summed E-state index contributed by atoms with van der Waals surface area (Å²) < 4.78 is 10.3. The molecule has 2 atom stereocenters. The number of benzene rings is 3. The number of ether oxygens (including phenoxy) is 2. The van der Waals surface area contributed by atoms with Crippen molar-refractivity contribution in [3.63, 3.8) is 0 Å². The zero-order valence-corrected chi connectivity index (χ0v) is 26.2. The molecule has 1 unspecified atom stereocenters. The number of aromatic amines is 2. The van der Waals surface area contributed by atoms with E-state index in [1.165, 1.54) is 0 Å². The lowest BCUT2D eigenvalue weighted by molar-refractivity contribution is -0.155. The largest absolute Gasteiger partial charge is 0.428 e. The number of hydrogen-bond acceptors (Lipinski definition) is 7. The van der Waals surface area contributed by atoms with Gasteiger partial charge in [0.1, 0.15) is 5.82 Å². The molecule has 3 aromatic carbocycles. The average Bonchev–Trinajstić information content (AvgIpc) is 3.82. The molecule has 12 heteroatoms. The number of nitrogens with two attached hydrogens (primary N) is 2. The molecule has 6 N–H and O–H groups in total. The third kappa shape index (κ3) is 5.92. The molecule has 1 fully saturated rings. The first-order valence-electron chi connectivity index (χ1n) is 15.1. The minimum atomic E-state index is -1.60. The van der Waals surface area contributed by atoms with Gasteiger partial charge in [-0.05, 0) is 67.5 Å². The maximum Gasteiger partial charge on any atom is 0.412 e. The molecule has 0 saturated carbocycles. The number of nitrogens with one attached hydrogen (secondary N) is 2. The van der Waals surface area contributed by atoms with Gasteiger partial charge in [-0.15, -0.1) is 0 Å². The molecule has 3 heterocycles. The molecule has 47 heavy (non-hydrogen) atoms. The van der Waals surface area contributed by atoms with Crippen molar-refractivity contribution in [2.24, 2.45) is 11.5 Å². The van der Waals surface area contributed by atoms with E-state index in [2.05, 4.69) is 27.1 Å². The second-order valence-electron chi connectivity index (χ2n) is 11.9. The lowest BCUT2D eigenvalue weighted by atomic mass is 9.91. The summed E-state index contributed by atoms with van der Waals surface area (Å²) in [5.74, 6) is 0.284. The molecule has 0 bridgehead atoms. The first-order chi connectivity index (χ1) is 22.5. The van der Waals surface area contributed by atoms with Crippen LogP contribution in [0.1, 0.15) is 43.6 Å². The molecule has 0 aliphatic carbocycles. The van der Waals surface area contributed by atoms with Gasteiger partial charge in [0.2, 0.25) is 5.60 Å². The molecule has 1 aliphatic heterocycles. The highest BCUT2D eigenvalue weighted by molar-refractivity contribution is 5.89. The molecule has 12 nitrogen and oxygen atoms in total. The Bertz CT molecular complexity index is 1950. The van der Waals surface area contributed by atoms with Crippen molar-refractivity contribution in [3.05, 3.63) is 102 Å². The molecule has 0 spiro atoms. The van der Waals surface area contributed by atoms with Crippen LogP contribution in [0.4, 0.5) is 9.59 Å². The Balaban J connectivity index is 1.23. The van der Waals surface area contributed by atoms with E-state index in [4.69, 9.17) is 25.9 Å². The van der Waals surface area contributed by atoms with Crippen molar-refractivity contribution in [2.75, 3.05) is 6.54 Å². The summed E-state index contributed by atoms with van der Waals surface area (Å²) in [5, 5.41) is 0. The van der Waals surface area contributed by atoms with Crippen LogP contribution in [0.2, 0.25) is 0 Å². The van der Waals surface area contributed by atoms with Crippen molar-refractivity contribution >= 4 is 18.1 Å². The summed E-state index contributed by atoms with van der Waals surface area (Å²) in [7, 11) is 0. The number of H-pyrrole nitrogens is 2. The van der Waals surface area contributed by atoms with E-state index < -0.39 is 23.3 Å². The number of hydrogen-bond donors (Lipinski definition) is 4. The average molecular weight is 634 g/mol. The fourth-order valence-corrected chi connectivity index (χ4v) is 6.30. The first kappa shape index (κ1) is 31.1. The SMILES string of the molecule is Cc1cc(-c2cnc(C3(C)CCCN3C(=O)[C@](C)(OC(N)=O)c3ccccc3)[nH]2)ccc1-c1ccc(-c2cnc(OC(N)=O)[nH]2)cc1. The Kier molecular flexibility index (Phi) is 8.02. The van der Waals surface area contributed by atoms with Gasteiger partial charge in [-0.1, -0.05) is 66.7 Å². The molecule has 0 radical (unpaired) electrons. The fraction of sp³-hybridized carbons (Fsp3) is 0.229. The standard InChI is InChI=1S/C35H35N7O5/c1-21-18-24(14-15-26(21)22-10-12-23(13-11-22)27-20-39-33(41-27)46-31(36)44)28-19-38-29(40-28)34(2)16-7-17-42(34)30(43)35(3,47-32(37)45)25-8-5-4-6-9-25/h4-6,8-15,18-20H,7,16-17H2,1-3H3,(H2,36,44)(H2,37,45)(H,38,40)(H,39,41)/t34?,35-/m1/s1. The molecular weight excluding hydrogens is 598 g/mol. The highest BCUT2D eigenvalue weighted by atomic mass is 16.6. The fourth-order valence-electron chi connectivity index (χ4n) is 6.30. The zero-order valence-electron chi connectivity index (χ0n) is 26.2. The van der Waals surface area contributed by atoms with Gasteiger partial charge in [-0.2, -0.15) is 0 Å². The maximum absolute atomic E-state index is 14.2. The summed E-state index contributed by atoms with van der Waals surface area (Å²) in [6.45, 7) is 6.08. The highest BCUT2D eigenvalue weighted by Crippen LogP contribution is 2.42. The van der Waals surface area contributed by atoms with Gasteiger partial charge in [0.15, 0.2) is 0 Å². The lowest BCUT2D eigenvalue weighted by Gasteiger charge is -2.39. The third-order valence-corrected chi connectivity index (χ3v) is 8.80. The van der Waals surface area contributed by atoms with E-state index in [1.807, 2.05) is 50.2 Å². The van der Waals surface area contributed by atoms with Crippen LogP contribution < -0.4 is 16.2 Å². The van der Waals surface area contributed by atoms with Gasteiger partial charge in [-0.25, -0.2) is 19.6 Å². The lowest BCUT2D eigenvalue weighted by Crippen LogP contribution is -2.53. The van der Waals surface area contributed by atoms with Gasteiger partial charge < -0.3 is 35.8 Å². The molecule has 240 valence electrons. The zero-order chi connectivity index (χ0) is 33.3. The van der Waals surface area contributed by atoms with Gasteiger partial charge in [0, 0.05) is 12.1 Å². The van der Waals surface area contributed by atoms with E-state index >= 15 is 0 Å². The summed E-state index contributed by atoms with van der Waals surface area (Å²) >= 11 is 0. The number of carbonyl (C=O) groups excluding carboxylic acids is 3. The number of nitrogens with zero attached hydrogens (tertiary/aromatic N) is 3. The second kappa shape index (κ2) is 12.1. The molecule has 6 rings (SSSR count). The number of aryl methyl sites for hydroxylation is 1. The van der Waals surface area contributed by atoms with Crippen molar-refractivity contribution < 1.29 is 23.9 Å². The predicted molar refractivity (Wildman–Crippen MR) is 175 cm³/mol. The van der Waals surface area contributed by atoms with Crippen molar-refractivity contribution in [2.45, 2.75) is 44.8 Å². The number of primary amides is 2. The summed E-state index contributed by atoms with van der Waals surface area (Å²) in [6, 6.07) is 23.1. The van der Waals surface area contributed by atoms with Crippen molar-refractivity contribution in [1.82, 2.24) is 24.8 Å². The molecule has 1 saturated heterocycles. The summed E-state index contributed by atoms with van der Waals surface area (Å²) in [5.41, 5.74) is 15.2. The van der Waals surface area contributed by atoms with Crippen LogP contribution in [-0.2, 0) is 20.7 Å². The summed E-state index contributed by atoms with van der Waals surface area (Å²) in [6.07, 6.45) is 2.83. The smallest absolute Gasteiger partial charge is 0.412 e. The Morgan fingerprint density at radius 1 is 0.872 bits per heavy atom. The molecule has 2 aromatic heterocycles. The highest BCUT2D eigenvalue weighted by Gasteiger charge is 2.51. The van der Waals surface area contributed by atoms with Crippen LogP contribution in [0, 0.1) is 6.92 Å². The Hall–Kier alpha value is -5.91. The number of rotatable bonds is 8. The van der Waals surface area contributed by atoms with E-state index in [-0.39, 0.29) is 11.9 Å². The molecule has 1 aliphatic rings. The van der Waals surface area contributed by atoms with Crippen molar-refractivity contribution in [1.29, 1.82) is 0 Å². The Morgan fingerprint density at radius 2 is 1.53 bits per heavy atom. The second-order valence-corrected chi connectivity index (χ2v) is 11.9. The van der Waals surface area contributed by atoms with Gasteiger partial charge in [-0.3, -0.25) is 4.79 Å². The third-order valence-electron chi connectivity index (χ3n) is 8.80. The topological polar surface area (TPSA) is 182 Å². The molecular formula is C35H35N7O5. The Morgan fingerprint density at radius 3 is 2.21 bits per heavy atom. The van der Waals surface area contributed by atoms with E-state index in [0.717, 1.165) is 39.9 Å². The van der Waals surface area contributed by atoms with Crippen LogP contribution in [0.5, 0.6) is 6.01 Å². The summed E-state index contributed by atoms with van der Waals surface area (Å²) in [4.78, 5) is 53.9. The van der Waals surface area contributed by atoms with E-state index in [1.54, 1.807) is 48.5 Å². The van der Waals surface area contributed by atoms with Crippen molar-refractivity contribution in [3.8, 4) is 39.7 Å². The van der Waals surface area contributed by atoms with Crippen LogP contribution in [-0.4, -0.2) is 49.5 Å². The number of imidazole rings is 2. The number of carbonyl (C=O) groups is 3. The minimum Gasteiger partial charge on any atom is -0.428 e. The minimum absolute atomic E-state index is 0.0361. The normalized spacial score (nSPS) is 17.2. The first-order valence-corrected chi connectivity index (χ1v) is 15.1. The molecule has 3 amide bonds. The number of aromatic nitrogens is 4. The monoisotopic (exact) mass is 633 g/mol. The van der Waals surface area contributed by atoms with Gasteiger partial charge >= 0.3 is 18.2 Å². The maximum atomic E-state index is 14.2. The van der Waals surface area contributed by atoms with Gasteiger partial charge in [0.05, 0.1) is 29.3 Å². The van der Waals surface area contributed by atoms with Crippen LogP contribution in [0.15, 0.2) is 85.2 Å².